The van der Waals surface area contributed by atoms with Crippen LogP contribution in [-0.2, 0) is 30.4 Å². The van der Waals surface area contributed by atoms with Gasteiger partial charge >= 0.3 is 5.97 Å². The summed E-state index contributed by atoms with van der Waals surface area (Å²) in [5.74, 6) is -1.72. The zero-order valence-corrected chi connectivity index (χ0v) is 26.8. The molecule has 4 atom stereocenters. The number of unbranched alkanes of at least 4 members (excludes halogenated alkanes) is 4. The van der Waals surface area contributed by atoms with Crippen LogP contribution >= 0.6 is 0 Å². The van der Waals surface area contributed by atoms with Crippen molar-refractivity contribution in [1.29, 1.82) is 0 Å². The first-order valence-electron chi connectivity index (χ1n) is 15.8. The molecule has 0 aliphatic carbocycles. The zero-order chi connectivity index (χ0) is 32.4. The van der Waals surface area contributed by atoms with Gasteiger partial charge in [-0.25, -0.2) is 4.79 Å². The minimum absolute atomic E-state index is 0.00517. The van der Waals surface area contributed by atoms with E-state index in [1.54, 1.807) is 24.3 Å². The van der Waals surface area contributed by atoms with Crippen molar-refractivity contribution in [3.8, 4) is 5.75 Å². The second-order valence-electron chi connectivity index (χ2n) is 11.8. The summed E-state index contributed by atoms with van der Waals surface area (Å²) in [6.07, 6.45) is 6.41. The molecule has 6 N–H and O–H groups in total. The highest BCUT2D eigenvalue weighted by Crippen LogP contribution is 2.22. The quantitative estimate of drug-likeness (QED) is 0.0884. The number of hydrogen-bond acceptors (Lipinski definition) is 7. The molecule has 242 valence electrons. The molecule has 0 aliphatic rings. The van der Waals surface area contributed by atoms with Gasteiger partial charge in [0.15, 0.2) is 5.78 Å². The van der Waals surface area contributed by atoms with E-state index in [1.807, 2.05) is 27.7 Å². The van der Waals surface area contributed by atoms with E-state index in [0.29, 0.717) is 38.0 Å². The molecule has 3 amide bonds. The van der Waals surface area contributed by atoms with Gasteiger partial charge in [-0.2, -0.15) is 0 Å². The van der Waals surface area contributed by atoms with Crippen LogP contribution in [0.5, 0.6) is 5.75 Å². The molecule has 0 bridgehead atoms. The van der Waals surface area contributed by atoms with Crippen molar-refractivity contribution in [2.75, 3.05) is 6.54 Å². The molecule has 1 aromatic carbocycles. The number of Topliss-reactive ketones (excluding diaryl/α,β-unsaturated/α-hetero) is 1. The summed E-state index contributed by atoms with van der Waals surface area (Å²) in [7, 11) is 0. The molecule has 43 heavy (non-hydrogen) atoms. The summed E-state index contributed by atoms with van der Waals surface area (Å²) in [5, 5.41) is 5.86. The van der Waals surface area contributed by atoms with Crippen LogP contribution in [0.1, 0.15) is 104 Å². The minimum atomic E-state index is -0.801. The molecule has 0 radical (unpaired) electrons. The number of rotatable bonds is 22. The average molecular weight is 603 g/mol. The second kappa shape index (κ2) is 20.6. The normalized spacial score (nSPS) is 13.9. The van der Waals surface area contributed by atoms with Gasteiger partial charge < -0.3 is 26.8 Å². The third-order valence-corrected chi connectivity index (χ3v) is 7.79. The average Bonchev–Trinajstić information content (AvgIpc) is 2.97. The monoisotopic (exact) mass is 602 g/mol. The van der Waals surface area contributed by atoms with Crippen molar-refractivity contribution >= 4 is 29.5 Å². The van der Waals surface area contributed by atoms with Gasteiger partial charge in [-0.05, 0) is 55.2 Å². The maximum Gasteiger partial charge on any atom is 0.328 e. The number of nitrogens with two attached hydrogens (primary N) is 2. The Hall–Kier alpha value is -3.27. The fourth-order valence-corrected chi connectivity index (χ4v) is 4.57. The van der Waals surface area contributed by atoms with Crippen LogP contribution in [0.2, 0.25) is 0 Å². The Bertz CT molecular complexity index is 1030. The Morgan fingerprint density at radius 2 is 1.53 bits per heavy atom. The lowest BCUT2D eigenvalue weighted by molar-refractivity contribution is -0.137. The van der Waals surface area contributed by atoms with E-state index in [4.69, 9.17) is 16.2 Å². The summed E-state index contributed by atoms with van der Waals surface area (Å²) >= 11 is 0. The highest BCUT2D eigenvalue weighted by atomic mass is 16.5. The number of hydrogen-bond donors (Lipinski definition) is 4. The summed E-state index contributed by atoms with van der Waals surface area (Å²) in [5.41, 5.74) is 11.8. The Morgan fingerprint density at radius 3 is 2.12 bits per heavy atom. The van der Waals surface area contributed by atoms with Gasteiger partial charge in [0.2, 0.25) is 17.7 Å². The Balaban J connectivity index is 2.98. The van der Waals surface area contributed by atoms with Crippen molar-refractivity contribution in [2.45, 2.75) is 117 Å². The number of carbonyl (C=O) groups excluding carboxylic acids is 5. The van der Waals surface area contributed by atoms with Crippen LogP contribution < -0.4 is 26.8 Å². The third-order valence-electron chi connectivity index (χ3n) is 7.79. The van der Waals surface area contributed by atoms with Crippen LogP contribution in [0.4, 0.5) is 0 Å². The number of primary amides is 1. The van der Waals surface area contributed by atoms with E-state index in [-0.39, 0.29) is 48.2 Å². The van der Waals surface area contributed by atoms with E-state index in [0.717, 1.165) is 37.7 Å². The van der Waals surface area contributed by atoms with Crippen LogP contribution in [0.3, 0.4) is 0 Å². The van der Waals surface area contributed by atoms with Crippen molar-refractivity contribution in [2.24, 2.45) is 29.2 Å². The lowest BCUT2D eigenvalue weighted by Gasteiger charge is -2.25. The first-order valence-corrected chi connectivity index (χ1v) is 15.8. The number of ether oxygens (including phenoxy) is 1. The van der Waals surface area contributed by atoms with Crippen molar-refractivity contribution in [1.82, 2.24) is 10.6 Å². The first kappa shape index (κ1) is 37.8. The number of ketones is 1. The maximum atomic E-state index is 13.7. The standard InChI is InChI=1S/C33H54N4O6/c1-6-8-10-14-30(40)37-27(20-24-15-17-25(18-16-24)43-33(42)31(35)22(3)4)28(38)21-26(23(5)7-2)32(41)36-19-12-9-11-13-29(34)39/h15-18,22-23,26-27,31H,6-14,19-21,35H2,1-5H3,(H2,34,39)(H,36,41)(H,37,40)/t23-,26-,27-,31-/m0/s1. The highest BCUT2D eigenvalue weighted by molar-refractivity contribution is 5.92. The number of amides is 3. The van der Waals surface area contributed by atoms with Gasteiger partial charge in [0.1, 0.15) is 11.8 Å². The molecule has 0 aromatic heterocycles. The first-order chi connectivity index (χ1) is 20.4. The van der Waals surface area contributed by atoms with E-state index < -0.39 is 24.0 Å². The number of benzene rings is 1. The zero-order valence-electron chi connectivity index (χ0n) is 26.8. The van der Waals surface area contributed by atoms with Gasteiger partial charge in [-0.1, -0.05) is 72.4 Å². The van der Waals surface area contributed by atoms with Crippen LogP contribution in [-0.4, -0.2) is 48.1 Å². The Labute approximate surface area is 257 Å². The van der Waals surface area contributed by atoms with E-state index >= 15 is 0 Å². The van der Waals surface area contributed by atoms with Crippen LogP contribution in [0.15, 0.2) is 24.3 Å². The number of esters is 1. The predicted molar refractivity (Wildman–Crippen MR) is 168 cm³/mol. The van der Waals surface area contributed by atoms with Crippen LogP contribution in [0.25, 0.3) is 0 Å². The minimum Gasteiger partial charge on any atom is -0.425 e. The molecular weight excluding hydrogens is 548 g/mol. The van der Waals surface area contributed by atoms with E-state index in [9.17, 15) is 24.0 Å². The third kappa shape index (κ3) is 15.1. The summed E-state index contributed by atoms with van der Waals surface area (Å²) in [4.78, 5) is 62.7. The lowest BCUT2D eigenvalue weighted by Crippen LogP contribution is -2.45. The molecule has 0 fully saturated rings. The smallest absolute Gasteiger partial charge is 0.328 e. The number of carbonyl (C=O) groups is 5. The molecule has 0 aliphatic heterocycles. The SMILES string of the molecule is CCCCCC(=O)N[C@@H](Cc1ccc(OC(=O)[C@@H](N)C(C)C)cc1)C(=O)C[C@H](C(=O)NCCCCCC(N)=O)[C@@H](C)CC. The fraction of sp³-hybridized carbons (Fsp3) is 0.667. The molecule has 0 saturated carbocycles. The molecule has 0 saturated heterocycles. The lowest BCUT2D eigenvalue weighted by atomic mass is 9.84. The van der Waals surface area contributed by atoms with Crippen molar-refractivity contribution < 1.29 is 28.7 Å². The Morgan fingerprint density at radius 1 is 0.884 bits per heavy atom. The van der Waals surface area contributed by atoms with E-state index in [2.05, 4.69) is 17.6 Å². The summed E-state index contributed by atoms with van der Waals surface area (Å²) < 4.78 is 5.38. The number of nitrogens with one attached hydrogen (secondary N) is 2. The van der Waals surface area contributed by atoms with Gasteiger partial charge in [0, 0.05) is 31.7 Å². The van der Waals surface area contributed by atoms with Gasteiger partial charge in [0.05, 0.1) is 6.04 Å². The molecule has 0 unspecified atom stereocenters. The molecular formula is C33H54N4O6. The van der Waals surface area contributed by atoms with Gasteiger partial charge in [-0.15, -0.1) is 0 Å². The molecule has 0 spiro atoms. The molecule has 0 heterocycles. The van der Waals surface area contributed by atoms with Gasteiger partial charge in [-0.3, -0.25) is 19.2 Å². The van der Waals surface area contributed by atoms with Crippen molar-refractivity contribution in [3.63, 3.8) is 0 Å². The van der Waals surface area contributed by atoms with Gasteiger partial charge in [0.25, 0.3) is 0 Å². The molecule has 1 aromatic rings. The summed E-state index contributed by atoms with van der Waals surface area (Å²) in [6.45, 7) is 10.1. The largest absolute Gasteiger partial charge is 0.425 e. The van der Waals surface area contributed by atoms with Crippen LogP contribution in [0, 0.1) is 17.8 Å². The van der Waals surface area contributed by atoms with Crippen molar-refractivity contribution in [3.05, 3.63) is 29.8 Å². The summed E-state index contributed by atoms with van der Waals surface area (Å²) in [6, 6.07) is 5.26. The Kier molecular flexibility index (Phi) is 18.1. The highest BCUT2D eigenvalue weighted by Gasteiger charge is 2.30. The predicted octanol–water partition coefficient (Wildman–Crippen LogP) is 3.97. The second-order valence-corrected chi connectivity index (χ2v) is 11.8. The molecule has 10 nitrogen and oxygen atoms in total. The molecule has 1 rings (SSSR count). The van der Waals surface area contributed by atoms with E-state index in [1.165, 1.54) is 0 Å². The maximum absolute atomic E-state index is 13.7. The molecule has 10 heteroatoms. The topological polar surface area (TPSA) is 171 Å². The fourth-order valence-electron chi connectivity index (χ4n) is 4.57.